The number of aryl methyl sites for hydroxylation is 1. The molecule has 1 aromatic carbocycles. The van der Waals surface area contributed by atoms with Crippen LogP contribution >= 0.6 is 0 Å². The molecule has 2 aromatic rings. The van der Waals surface area contributed by atoms with Crippen LogP contribution < -0.4 is 19.5 Å². The first-order valence-electron chi connectivity index (χ1n) is 6.95. The number of aromatic nitrogens is 2. The van der Waals surface area contributed by atoms with Crippen LogP contribution in [0.3, 0.4) is 0 Å². The van der Waals surface area contributed by atoms with Gasteiger partial charge in [0, 0.05) is 30.6 Å². The number of imidazole rings is 1. The van der Waals surface area contributed by atoms with E-state index in [0.717, 1.165) is 41.7 Å². The molecule has 0 radical (unpaired) electrons. The van der Waals surface area contributed by atoms with Gasteiger partial charge in [0.1, 0.15) is 18.2 Å². The summed E-state index contributed by atoms with van der Waals surface area (Å²) in [5.74, 6) is 3.33. The Morgan fingerprint density at radius 2 is 2.14 bits per heavy atom. The van der Waals surface area contributed by atoms with Crippen molar-refractivity contribution in [2.75, 3.05) is 20.4 Å². The second kappa shape index (κ2) is 6.05. The van der Waals surface area contributed by atoms with Crippen LogP contribution in [0.15, 0.2) is 24.5 Å². The molecule has 112 valence electrons. The number of fused-ring (bicyclic) bond motifs is 1. The lowest BCUT2D eigenvalue weighted by Gasteiger charge is -2.13. The van der Waals surface area contributed by atoms with Crippen LogP contribution in [0.1, 0.15) is 11.4 Å². The molecule has 0 spiro atoms. The summed E-state index contributed by atoms with van der Waals surface area (Å²) in [7, 11) is 1.91. The summed E-state index contributed by atoms with van der Waals surface area (Å²) in [6.07, 6.45) is 3.75. The van der Waals surface area contributed by atoms with E-state index >= 15 is 0 Å². The van der Waals surface area contributed by atoms with Gasteiger partial charge in [-0.1, -0.05) is 0 Å². The van der Waals surface area contributed by atoms with Gasteiger partial charge < -0.3 is 24.1 Å². The molecule has 0 bridgehead atoms. The van der Waals surface area contributed by atoms with Crippen molar-refractivity contribution in [1.82, 2.24) is 14.9 Å². The standard InChI is InChI=1S/C15H19N3O3/c1-11-17-3-4-18(11)5-6-19-13-8-15-14(20-10-21-15)7-12(13)9-16-2/h3-4,7-8,16H,5-6,9-10H2,1-2H3. The van der Waals surface area contributed by atoms with E-state index < -0.39 is 0 Å². The first-order chi connectivity index (χ1) is 10.3. The molecule has 2 heterocycles. The van der Waals surface area contributed by atoms with Crippen molar-refractivity contribution >= 4 is 0 Å². The van der Waals surface area contributed by atoms with Crippen molar-refractivity contribution in [2.24, 2.45) is 0 Å². The van der Waals surface area contributed by atoms with Crippen molar-refractivity contribution < 1.29 is 14.2 Å². The van der Waals surface area contributed by atoms with Crippen molar-refractivity contribution in [3.8, 4) is 17.2 Å². The Balaban J connectivity index is 1.70. The zero-order valence-corrected chi connectivity index (χ0v) is 12.3. The highest BCUT2D eigenvalue weighted by atomic mass is 16.7. The summed E-state index contributed by atoms with van der Waals surface area (Å²) < 4.78 is 18.8. The predicted molar refractivity (Wildman–Crippen MR) is 77.8 cm³/mol. The van der Waals surface area contributed by atoms with Crippen LogP contribution in [0.2, 0.25) is 0 Å². The average Bonchev–Trinajstić information content (AvgIpc) is 3.08. The first-order valence-corrected chi connectivity index (χ1v) is 6.95. The second-order valence-electron chi connectivity index (χ2n) is 4.86. The summed E-state index contributed by atoms with van der Waals surface area (Å²) >= 11 is 0. The number of nitrogens with zero attached hydrogens (tertiary/aromatic N) is 2. The summed E-state index contributed by atoms with van der Waals surface area (Å²) in [4.78, 5) is 4.20. The summed E-state index contributed by atoms with van der Waals surface area (Å²) in [6, 6.07) is 3.87. The summed E-state index contributed by atoms with van der Waals surface area (Å²) in [5.41, 5.74) is 1.06. The van der Waals surface area contributed by atoms with Crippen molar-refractivity contribution in [1.29, 1.82) is 0 Å². The molecular weight excluding hydrogens is 270 g/mol. The van der Waals surface area contributed by atoms with Gasteiger partial charge in [0.2, 0.25) is 6.79 Å². The molecule has 21 heavy (non-hydrogen) atoms. The molecule has 0 saturated heterocycles. The van der Waals surface area contributed by atoms with Crippen molar-refractivity contribution in [3.05, 3.63) is 35.9 Å². The highest BCUT2D eigenvalue weighted by molar-refractivity contribution is 5.51. The third-order valence-electron chi connectivity index (χ3n) is 3.44. The zero-order chi connectivity index (χ0) is 14.7. The first kappa shape index (κ1) is 13.8. The topological polar surface area (TPSA) is 57.5 Å². The zero-order valence-electron chi connectivity index (χ0n) is 12.3. The maximum absolute atomic E-state index is 5.92. The van der Waals surface area contributed by atoms with Crippen LogP contribution in [-0.2, 0) is 13.1 Å². The van der Waals surface area contributed by atoms with E-state index in [4.69, 9.17) is 14.2 Å². The van der Waals surface area contributed by atoms with Crippen molar-refractivity contribution in [3.63, 3.8) is 0 Å². The molecule has 1 aliphatic heterocycles. The molecule has 0 aliphatic carbocycles. The minimum Gasteiger partial charge on any atom is -0.491 e. The quantitative estimate of drug-likeness (QED) is 0.877. The molecular formula is C15H19N3O3. The number of benzene rings is 1. The fourth-order valence-corrected chi connectivity index (χ4v) is 2.32. The molecule has 1 aromatic heterocycles. The van der Waals surface area contributed by atoms with Gasteiger partial charge in [-0.25, -0.2) is 4.98 Å². The molecule has 0 amide bonds. The predicted octanol–water partition coefficient (Wildman–Crippen LogP) is 1.72. The van der Waals surface area contributed by atoms with E-state index in [0.29, 0.717) is 6.61 Å². The van der Waals surface area contributed by atoms with Gasteiger partial charge in [0.15, 0.2) is 11.5 Å². The Kier molecular flexibility index (Phi) is 3.96. The highest BCUT2D eigenvalue weighted by Gasteiger charge is 2.17. The van der Waals surface area contributed by atoms with Gasteiger partial charge in [-0.15, -0.1) is 0 Å². The van der Waals surface area contributed by atoms with E-state index in [1.165, 1.54) is 0 Å². The van der Waals surface area contributed by atoms with Crippen LogP contribution in [-0.4, -0.2) is 30.0 Å². The smallest absolute Gasteiger partial charge is 0.231 e. The van der Waals surface area contributed by atoms with Gasteiger partial charge in [0.05, 0.1) is 6.54 Å². The van der Waals surface area contributed by atoms with Crippen LogP contribution in [0, 0.1) is 6.92 Å². The number of hydrogen-bond donors (Lipinski definition) is 1. The molecule has 1 aliphatic rings. The lowest BCUT2D eigenvalue weighted by molar-refractivity contribution is 0.173. The Hall–Kier alpha value is -2.21. The molecule has 3 rings (SSSR count). The molecule has 6 heteroatoms. The molecule has 1 N–H and O–H groups in total. The number of nitrogens with one attached hydrogen (secondary N) is 1. The second-order valence-corrected chi connectivity index (χ2v) is 4.86. The monoisotopic (exact) mass is 289 g/mol. The highest BCUT2D eigenvalue weighted by Crippen LogP contribution is 2.38. The maximum atomic E-state index is 5.92. The van der Waals surface area contributed by atoms with Gasteiger partial charge in [-0.2, -0.15) is 0 Å². The number of hydrogen-bond acceptors (Lipinski definition) is 5. The van der Waals surface area contributed by atoms with E-state index in [-0.39, 0.29) is 6.79 Å². The van der Waals surface area contributed by atoms with Gasteiger partial charge >= 0.3 is 0 Å². The van der Waals surface area contributed by atoms with Crippen molar-refractivity contribution in [2.45, 2.75) is 20.0 Å². The number of ether oxygens (including phenoxy) is 3. The fourth-order valence-electron chi connectivity index (χ4n) is 2.32. The van der Waals surface area contributed by atoms with Gasteiger partial charge in [-0.05, 0) is 20.0 Å². The normalized spacial score (nSPS) is 12.7. The van der Waals surface area contributed by atoms with E-state index in [9.17, 15) is 0 Å². The third-order valence-corrected chi connectivity index (χ3v) is 3.44. The SMILES string of the molecule is CNCc1cc2c(cc1OCCn1ccnc1C)OCO2. The van der Waals surface area contributed by atoms with Gasteiger partial charge in [-0.3, -0.25) is 0 Å². The molecule has 0 unspecified atom stereocenters. The lowest BCUT2D eigenvalue weighted by atomic mass is 10.1. The van der Waals surface area contributed by atoms with Crippen LogP contribution in [0.4, 0.5) is 0 Å². The maximum Gasteiger partial charge on any atom is 0.231 e. The van der Waals surface area contributed by atoms with Crippen LogP contribution in [0.5, 0.6) is 17.2 Å². The minimum atomic E-state index is 0.270. The molecule has 0 atom stereocenters. The molecule has 6 nitrogen and oxygen atoms in total. The average molecular weight is 289 g/mol. The van der Waals surface area contributed by atoms with E-state index in [2.05, 4.69) is 14.9 Å². The fraction of sp³-hybridized carbons (Fsp3) is 0.400. The largest absolute Gasteiger partial charge is 0.491 e. The molecule has 0 saturated carbocycles. The van der Waals surface area contributed by atoms with E-state index in [1.54, 1.807) is 6.20 Å². The summed E-state index contributed by atoms with van der Waals surface area (Å²) in [5, 5.41) is 3.14. The van der Waals surface area contributed by atoms with E-state index in [1.807, 2.05) is 32.3 Å². The van der Waals surface area contributed by atoms with Crippen LogP contribution in [0.25, 0.3) is 0 Å². The Morgan fingerprint density at radius 1 is 1.33 bits per heavy atom. The Labute approximate surface area is 123 Å². The lowest BCUT2D eigenvalue weighted by Crippen LogP contribution is -2.12. The molecule has 0 fully saturated rings. The Bertz CT molecular complexity index is 625. The summed E-state index contributed by atoms with van der Waals surface area (Å²) in [6.45, 7) is 4.31. The van der Waals surface area contributed by atoms with Gasteiger partial charge in [0.25, 0.3) is 0 Å². The third kappa shape index (κ3) is 2.95. The Morgan fingerprint density at radius 3 is 2.86 bits per heavy atom. The number of rotatable bonds is 6. The minimum absolute atomic E-state index is 0.270.